The van der Waals surface area contributed by atoms with E-state index in [1.165, 1.54) is 25.1 Å². The molecule has 1 aliphatic rings. The van der Waals surface area contributed by atoms with Crippen LogP contribution in [0.5, 0.6) is 0 Å². The molecule has 2 aromatic carbocycles. The molecule has 6 nitrogen and oxygen atoms in total. The molecule has 3 rings (SSSR count). The van der Waals surface area contributed by atoms with Gasteiger partial charge in [-0.3, -0.25) is 14.5 Å². The van der Waals surface area contributed by atoms with Gasteiger partial charge in [0.25, 0.3) is 5.91 Å². The second kappa shape index (κ2) is 6.76. The quantitative estimate of drug-likeness (QED) is 0.806. The van der Waals surface area contributed by atoms with E-state index in [1.807, 2.05) is 0 Å². The van der Waals surface area contributed by atoms with E-state index in [4.69, 9.17) is 11.6 Å². The fourth-order valence-electron chi connectivity index (χ4n) is 2.79. The summed E-state index contributed by atoms with van der Waals surface area (Å²) >= 11 is 6.14. The summed E-state index contributed by atoms with van der Waals surface area (Å²) in [7, 11) is 0. The zero-order valence-electron chi connectivity index (χ0n) is 13.8. The Hall–Kier alpha value is -2.93. The van der Waals surface area contributed by atoms with Gasteiger partial charge in [-0.2, -0.15) is 0 Å². The largest absolute Gasteiger partial charge is 0.325 e. The number of nitrogens with one attached hydrogen (secondary N) is 2. The molecule has 0 radical (unpaired) electrons. The molecular weight excluding hydrogens is 361 g/mol. The molecule has 134 valence electrons. The normalized spacial score (nSPS) is 19.4. The average Bonchev–Trinajstić information content (AvgIpc) is 2.81. The molecule has 0 spiro atoms. The van der Waals surface area contributed by atoms with E-state index in [2.05, 4.69) is 10.6 Å². The molecule has 0 bridgehead atoms. The predicted molar refractivity (Wildman–Crippen MR) is 94.1 cm³/mol. The van der Waals surface area contributed by atoms with Gasteiger partial charge in [0.1, 0.15) is 17.9 Å². The second-order valence-electron chi connectivity index (χ2n) is 5.95. The van der Waals surface area contributed by atoms with Crippen molar-refractivity contribution < 1.29 is 18.8 Å². The van der Waals surface area contributed by atoms with Gasteiger partial charge in [0, 0.05) is 10.6 Å². The topological polar surface area (TPSA) is 78.5 Å². The van der Waals surface area contributed by atoms with E-state index >= 15 is 0 Å². The van der Waals surface area contributed by atoms with Crippen LogP contribution in [0.25, 0.3) is 0 Å². The summed E-state index contributed by atoms with van der Waals surface area (Å²) in [6.45, 7) is 0.974. The summed E-state index contributed by atoms with van der Waals surface area (Å²) in [5, 5.41) is 5.23. The van der Waals surface area contributed by atoms with Crippen LogP contribution in [-0.2, 0) is 15.1 Å². The number of hydrogen-bond acceptors (Lipinski definition) is 3. The van der Waals surface area contributed by atoms with Crippen molar-refractivity contribution in [2.75, 3.05) is 11.9 Å². The third-order valence-corrected chi connectivity index (χ3v) is 4.47. The highest BCUT2D eigenvalue weighted by Gasteiger charge is 2.50. The van der Waals surface area contributed by atoms with E-state index in [0.717, 1.165) is 4.90 Å². The zero-order chi connectivity index (χ0) is 18.9. The van der Waals surface area contributed by atoms with E-state index < -0.39 is 35.7 Å². The third kappa shape index (κ3) is 3.13. The zero-order valence-corrected chi connectivity index (χ0v) is 14.5. The van der Waals surface area contributed by atoms with Crippen LogP contribution in [0.2, 0.25) is 5.02 Å². The summed E-state index contributed by atoms with van der Waals surface area (Å²) in [5.74, 6) is -1.92. The maximum absolute atomic E-state index is 13.6. The number of urea groups is 1. The van der Waals surface area contributed by atoms with Crippen LogP contribution in [-0.4, -0.2) is 29.3 Å². The summed E-state index contributed by atoms with van der Waals surface area (Å²) in [6, 6.07) is 11.5. The van der Waals surface area contributed by atoms with E-state index in [9.17, 15) is 18.8 Å². The maximum Gasteiger partial charge on any atom is 0.325 e. The summed E-state index contributed by atoms with van der Waals surface area (Å²) in [4.78, 5) is 37.9. The predicted octanol–water partition coefficient (Wildman–Crippen LogP) is 2.88. The van der Waals surface area contributed by atoms with Crippen LogP contribution in [0.3, 0.4) is 0 Å². The number of amides is 4. The van der Waals surface area contributed by atoms with Gasteiger partial charge in [0.2, 0.25) is 5.91 Å². The second-order valence-corrected chi connectivity index (χ2v) is 6.36. The molecule has 0 aromatic heterocycles. The summed E-state index contributed by atoms with van der Waals surface area (Å²) < 4.78 is 13.6. The molecule has 2 N–H and O–H groups in total. The number of rotatable bonds is 4. The number of carbonyl (C=O) groups excluding carboxylic acids is 3. The van der Waals surface area contributed by atoms with Gasteiger partial charge in [-0.1, -0.05) is 41.9 Å². The first-order chi connectivity index (χ1) is 12.3. The highest BCUT2D eigenvalue weighted by molar-refractivity contribution is 6.32. The van der Waals surface area contributed by atoms with Crippen molar-refractivity contribution in [3.63, 3.8) is 0 Å². The minimum atomic E-state index is -1.38. The van der Waals surface area contributed by atoms with Gasteiger partial charge >= 0.3 is 6.03 Å². The molecule has 8 heteroatoms. The molecule has 4 amide bonds. The molecular formula is C18H15ClFN3O3. The van der Waals surface area contributed by atoms with Gasteiger partial charge < -0.3 is 10.6 Å². The van der Waals surface area contributed by atoms with Gasteiger partial charge in [-0.25, -0.2) is 9.18 Å². The first-order valence-electron chi connectivity index (χ1n) is 7.76. The number of benzene rings is 2. The van der Waals surface area contributed by atoms with Crippen molar-refractivity contribution in [3.8, 4) is 0 Å². The van der Waals surface area contributed by atoms with Crippen LogP contribution in [0, 0.1) is 5.82 Å². The molecule has 0 aliphatic carbocycles. The average molecular weight is 376 g/mol. The Bertz CT molecular complexity index is 905. The third-order valence-electron chi connectivity index (χ3n) is 4.14. The van der Waals surface area contributed by atoms with Gasteiger partial charge in [-0.15, -0.1) is 0 Å². The van der Waals surface area contributed by atoms with E-state index in [-0.39, 0.29) is 5.69 Å². The van der Waals surface area contributed by atoms with Crippen LogP contribution >= 0.6 is 11.6 Å². The number of para-hydroxylation sites is 1. The first kappa shape index (κ1) is 17.9. The van der Waals surface area contributed by atoms with Crippen LogP contribution < -0.4 is 10.6 Å². The number of imide groups is 1. The standard InChI is InChI=1S/C18H15ClFN3O3/c1-18(11-6-2-3-7-12(11)19)16(25)23(17(26)22-18)10-15(24)21-14-9-5-4-8-13(14)20/h2-9H,10H2,1H3,(H,21,24)(H,22,26)/t18-/m1/s1. The van der Waals surface area contributed by atoms with Crippen molar-refractivity contribution in [2.45, 2.75) is 12.5 Å². The number of carbonyl (C=O) groups is 3. The monoisotopic (exact) mass is 375 g/mol. The first-order valence-corrected chi connectivity index (χ1v) is 8.14. The summed E-state index contributed by atoms with van der Waals surface area (Å²) in [5.41, 5.74) is -0.983. The van der Waals surface area contributed by atoms with E-state index in [1.54, 1.807) is 30.3 Å². The van der Waals surface area contributed by atoms with E-state index in [0.29, 0.717) is 10.6 Å². The molecule has 1 atom stereocenters. The molecule has 0 saturated carbocycles. The molecule has 2 aromatic rings. The number of halogens is 2. The lowest BCUT2D eigenvalue weighted by molar-refractivity contribution is -0.133. The molecule has 1 saturated heterocycles. The molecule has 26 heavy (non-hydrogen) atoms. The van der Waals surface area contributed by atoms with Crippen molar-refractivity contribution in [2.24, 2.45) is 0 Å². The van der Waals surface area contributed by atoms with Crippen molar-refractivity contribution >= 4 is 35.1 Å². The van der Waals surface area contributed by atoms with Crippen LogP contribution in [0.4, 0.5) is 14.9 Å². The fraction of sp³-hybridized carbons (Fsp3) is 0.167. The smallest absolute Gasteiger partial charge is 0.322 e. The van der Waals surface area contributed by atoms with Crippen molar-refractivity contribution in [1.29, 1.82) is 0 Å². The van der Waals surface area contributed by atoms with Crippen LogP contribution in [0.1, 0.15) is 12.5 Å². The highest BCUT2D eigenvalue weighted by atomic mass is 35.5. The van der Waals surface area contributed by atoms with Crippen molar-refractivity contribution in [3.05, 3.63) is 64.9 Å². The van der Waals surface area contributed by atoms with Crippen molar-refractivity contribution in [1.82, 2.24) is 10.2 Å². The SMILES string of the molecule is C[C@]1(c2ccccc2Cl)NC(=O)N(CC(=O)Nc2ccccc2F)C1=O. The number of hydrogen-bond donors (Lipinski definition) is 2. The molecule has 0 unspecified atom stereocenters. The minimum absolute atomic E-state index is 0.0292. The Labute approximate surface area is 153 Å². The maximum atomic E-state index is 13.6. The molecule has 1 heterocycles. The lowest BCUT2D eigenvalue weighted by Crippen LogP contribution is -2.42. The minimum Gasteiger partial charge on any atom is -0.322 e. The van der Waals surface area contributed by atoms with Gasteiger partial charge in [-0.05, 0) is 25.1 Å². The lowest BCUT2D eigenvalue weighted by atomic mass is 9.92. The summed E-state index contributed by atoms with van der Waals surface area (Å²) in [6.07, 6.45) is 0. The lowest BCUT2D eigenvalue weighted by Gasteiger charge is -2.23. The fourth-order valence-corrected chi connectivity index (χ4v) is 3.11. The number of nitrogens with zero attached hydrogens (tertiary/aromatic N) is 1. The number of anilines is 1. The Morgan fingerprint density at radius 1 is 1.19 bits per heavy atom. The Morgan fingerprint density at radius 3 is 2.54 bits per heavy atom. The Kier molecular flexibility index (Phi) is 4.65. The van der Waals surface area contributed by atoms with Crippen LogP contribution in [0.15, 0.2) is 48.5 Å². The highest BCUT2D eigenvalue weighted by Crippen LogP contribution is 2.33. The van der Waals surface area contributed by atoms with Gasteiger partial charge in [0.05, 0.1) is 5.69 Å². The Morgan fingerprint density at radius 2 is 1.85 bits per heavy atom. The van der Waals surface area contributed by atoms with Gasteiger partial charge in [0.15, 0.2) is 0 Å². The molecule has 1 fully saturated rings. The Balaban J connectivity index is 1.78. The molecule has 1 aliphatic heterocycles.